The molecular weight excluding hydrogens is 404 g/mol. The fraction of sp³-hybridized carbons (Fsp3) is 0.105. The summed E-state index contributed by atoms with van der Waals surface area (Å²) in [6, 6.07) is 8.15. The molecule has 2 N–H and O–H groups in total. The zero-order valence-electron chi connectivity index (χ0n) is 14.7. The molecule has 2 heterocycles. The number of aromatic nitrogens is 1. The summed E-state index contributed by atoms with van der Waals surface area (Å²) < 4.78 is 36.7. The van der Waals surface area contributed by atoms with E-state index in [2.05, 4.69) is 15.6 Å². The molecule has 0 atom stereocenters. The van der Waals surface area contributed by atoms with Gasteiger partial charge in [0.2, 0.25) is 6.79 Å². The van der Waals surface area contributed by atoms with Crippen molar-refractivity contribution < 1.29 is 27.8 Å². The molecule has 1 aromatic heterocycles. The largest absolute Gasteiger partial charge is 0.454 e. The smallest absolute Gasteiger partial charge is 0.271 e. The Kier molecular flexibility index (Phi) is 5.09. The number of fused-ring (bicyclic) bond motifs is 1. The van der Waals surface area contributed by atoms with Crippen molar-refractivity contribution in [2.45, 2.75) is 6.54 Å². The lowest BCUT2D eigenvalue weighted by Crippen LogP contribution is -2.23. The molecule has 0 unspecified atom stereocenters. The third-order valence-corrected chi connectivity index (χ3v) is 4.79. The van der Waals surface area contributed by atoms with Crippen molar-refractivity contribution in [1.29, 1.82) is 0 Å². The monoisotopic (exact) mass is 417 g/mol. The molecule has 3 aromatic rings. The van der Waals surface area contributed by atoms with Gasteiger partial charge in [-0.15, -0.1) is 11.3 Å². The van der Waals surface area contributed by atoms with Crippen LogP contribution >= 0.6 is 11.3 Å². The minimum absolute atomic E-state index is 0.0621. The van der Waals surface area contributed by atoms with Gasteiger partial charge in [-0.25, -0.2) is 13.8 Å². The number of nitrogens with one attached hydrogen (secondary N) is 2. The highest BCUT2D eigenvalue weighted by atomic mass is 32.1. The number of rotatable bonds is 5. The van der Waals surface area contributed by atoms with Crippen LogP contribution < -0.4 is 20.1 Å². The third kappa shape index (κ3) is 4.16. The first-order chi connectivity index (χ1) is 14.0. The first kappa shape index (κ1) is 18.8. The SMILES string of the molecule is O=C(Nc1nc(C(=O)NCc2ccc3c(c2)OCO3)cs1)c1ccc(F)c(F)c1. The second-order valence-electron chi connectivity index (χ2n) is 5.99. The minimum atomic E-state index is -1.12. The van der Waals surface area contributed by atoms with Crippen molar-refractivity contribution in [3.63, 3.8) is 0 Å². The summed E-state index contributed by atoms with van der Waals surface area (Å²) in [5, 5.41) is 6.82. The van der Waals surface area contributed by atoms with Crippen LogP contribution in [0, 0.1) is 11.6 Å². The molecule has 7 nitrogen and oxygen atoms in total. The number of hydrogen-bond acceptors (Lipinski definition) is 6. The highest BCUT2D eigenvalue weighted by Crippen LogP contribution is 2.32. The van der Waals surface area contributed by atoms with Crippen LogP contribution in [0.1, 0.15) is 26.4 Å². The van der Waals surface area contributed by atoms with E-state index in [0.29, 0.717) is 11.5 Å². The average molecular weight is 417 g/mol. The lowest BCUT2D eigenvalue weighted by molar-refractivity contribution is 0.0945. The van der Waals surface area contributed by atoms with Gasteiger partial charge in [-0.05, 0) is 35.9 Å². The van der Waals surface area contributed by atoms with E-state index in [1.807, 2.05) is 6.07 Å². The van der Waals surface area contributed by atoms with E-state index in [9.17, 15) is 18.4 Å². The Morgan fingerprint density at radius 3 is 2.69 bits per heavy atom. The molecule has 10 heteroatoms. The van der Waals surface area contributed by atoms with Gasteiger partial charge < -0.3 is 14.8 Å². The maximum Gasteiger partial charge on any atom is 0.271 e. The zero-order valence-corrected chi connectivity index (χ0v) is 15.5. The summed E-state index contributed by atoms with van der Waals surface area (Å²) in [4.78, 5) is 28.4. The van der Waals surface area contributed by atoms with E-state index in [-0.39, 0.29) is 29.7 Å². The summed E-state index contributed by atoms with van der Waals surface area (Å²) in [7, 11) is 0. The van der Waals surface area contributed by atoms with Crippen molar-refractivity contribution in [3.05, 3.63) is 70.2 Å². The molecule has 29 heavy (non-hydrogen) atoms. The molecule has 2 amide bonds. The molecule has 1 aliphatic heterocycles. The topological polar surface area (TPSA) is 89.6 Å². The highest BCUT2D eigenvalue weighted by molar-refractivity contribution is 7.14. The molecule has 0 spiro atoms. The molecular formula is C19H13F2N3O4S. The number of anilines is 1. The van der Waals surface area contributed by atoms with Crippen LogP contribution in [0.4, 0.5) is 13.9 Å². The Morgan fingerprint density at radius 2 is 1.86 bits per heavy atom. The van der Waals surface area contributed by atoms with Crippen LogP contribution in [0.15, 0.2) is 41.8 Å². The molecule has 0 saturated carbocycles. The number of amides is 2. The third-order valence-electron chi connectivity index (χ3n) is 4.03. The van der Waals surface area contributed by atoms with Gasteiger partial charge in [0.25, 0.3) is 11.8 Å². The summed E-state index contributed by atoms with van der Waals surface area (Å²) in [6.07, 6.45) is 0. The Balaban J connectivity index is 1.36. The lowest BCUT2D eigenvalue weighted by Gasteiger charge is -2.05. The van der Waals surface area contributed by atoms with Crippen LogP contribution in [-0.2, 0) is 6.54 Å². The fourth-order valence-electron chi connectivity index (χ4n) is 2.57. The van der Waals surface area contributed by atoms with Crippen molar-refractivity contribution in [2.24, 2.45) is 0 Å². The van der Waals surface area contributed by atoms with E-state index in [1.54, 1.807) is 12.1 Å². The van der Waals surface area contributed by atoms with Gasteiger partial charge in [0, 0.05) is 17.5 Å². The molecule has 2 aromatic carbocycles. The Labute approximate surface area is 167 Å². The normalized spacial score (nSPS) is 11.9. The number of nitrogens with zero attached hydrogens (tertiary/aromatic N) is 1. The Bertz CT molecular complexity index is 1100. The van der Waals surface area contributed by atoms with E-state index >= 15 is 0 Å². The van der Waals surface area contributed by atoms with Crippen molar-refractivity contribution >= 4 is 28.3 Å². The van der Waals surface area contributed by atoms with E-state index in [1.165, 1.54) is 5.38 Å². The van der Waals surface area contributed by atoms with Gasteiger partial charge in [-0.2, -0.15) is 0 Å². The number of ether oxygens (including phenoxy) is 2. The molecule has 0 bridgehead atoms. The van der Waals surface area contributed by atoms with Crippen LogP contribution in [0.3, 0.4) is 0 Å². The van der Waals surface area contributed by atoms with Gasteiger partial charge in [0.15, 0.2) is 28.3 Å². The van der Waals surface area contributed by atoms with Crippen LogP contribution in [0.2, 0.25) is 0 Å². The standard InChI is InChI=1S/C19H13F2N3O4S/c20-12-3-2-11(6-13(12)21)17(25)24-19-23-14(8-29-19)18(26)22-7-10-1-4-15-16(5-10)28-9-27-15/h1-6,8H,7,9H2,(H,22,26)(H,23,24,25). The number of benzene rings is 2. The zero-order chi connectivity index (χ0) is 20.4. The fourth-order valence-corrected chi connectivity index (χ4v) is 3.25. The predicted octanol–water partition coefficient (Wildman–Crippen LogP) is 3.33. The van der Waals surface area contributed by atoms with Gasteiger partial charge in [-0.1, -0.05) is 6.07 Å². The van der Waals surface area contributed by atoms with Crippen molar-refractivity contribution in [2.75, 3.05) is 12.1 Å². The van der Waals surface area contributed by atoms with Crippen LogP contribution in [-0.4, -0.2) is 23.6 Å². The van der Waals surface area contributed by atoms with E-state index < -0.39 is 23.4 Å². The van der Waals surface area contributed by atoms with Gasteiger partial charge in [0.05, 0.1) is 0 Å². The molecule has 0 fully saturated rings. The molecule has 0 radical (unpaired) electrons. The van der Waals surface area contributed by atoms with Gasteiger partial charge >= 0.3 is 0 Å². The lowest BCUT2D eigenvalue weighted by atomic mass is 10.2. The quantitative estimate of drug-likeness (QED) is 0.665. The molecule has 4 rings (SSSR count). The first-order valence-electron chi connectivity index (χ1n) is 8.38. The Morgan fingerprint density at radius 1 is 1.03 bits per heavy atom. The molecule has 1 aliphatic rings. The van der Waals surface area contributed by atoms with Crippen LogP contribution in [0.5, 0.6) is 11.5 Å². The molecule has 0 saturated heterocycles. The number of halogens is 2. The van der Waals surface area contributed by atoms with Crippen molar-refractivity contribution in [1.82, 2.24) is 10.3 Å². The number of carbonyl (C=O) groups is 2. The first-order valence-corrected chi connectivity index (χ1v) is 9.26. The Hall–Kier alpha value is -3.53. The summed E-state index contributed by atoms with van der Waals surface area (Å²) >= 11 is 1.04. The predicted molar refractivity (Wildman–Crippen MR) is 100 cm³/mol. The van der Waals surface area contributed by atoms with Crippen molar-refractivity contribution in [3.8, 4) is 11.5 Å². The van der Waals surface area contributed by atoms with E-state index in [4.69, 9.17) is 9.47 Å². The molecule has 0 aliphatic carbocycles. The summed E-state index contributed by atoms with van der Waals surface area (Å²) in [5.74, 6) is -1.98. The minimum Gasteiger partial charge on any atom is -0.454 e. The van der Waals surface area contributed by atoms with Gasteiger partial charge in [0.1, 0.15) is 5.69 Å². The molecule has 148 valence electrons. The van der Waals surface area contributed by atoms with Gasteiger partial charge in [-0.3, -0.25) is 14.9 Å². The summed E-state index contributed by atoms with van der Waals surface area (Å²) in [6.45, 7) is 0.423. The van der Waals surface area contributed by atoms with E-state index in [0.717, 1.165) is 35.1 Å². The number of carbonyl (C=O) groups excluding carboxylic acids is 2. The maximum absolute atomic E-state index is 13.3. The second kappa shape index (κ2) is 7.84. The average Bonchev–Trinajstić information content (AvgIpc) is 3.37. The van der Waals surface area contributed by atoms with Crippen LogP contribution in [0.25, 0.3) is 0 Å². The maximum atomic E-state index is 13.3. The highest BCUT2D eigenvalue weighted by Gasteiger charge is 2.16. The number of hydrogen-bond donors (Lipinski definition) is 2. The summed E-state index contributed by atoms with van der Waals surface area (Å²) in [5.41, 5.74) is 0.883. The number of thiazole rings is 1. The second-order valence-corrected chi connectivity index (χ2v) is 6.85.